The minimum absolute atomic E-state index is 0.0431. The van der Waals surface area contributed by atoms with Crippen LogP contribution < -0.4 is 5.73 Å². The summed E-state index contributed by atoms with van der Waals surface area (Å²) in [6.07, 6.45) is 6.27. The van der Waals surface area contributed by atoms with Crippen LogP contribution in [-0.4, -0.2) is 5.91 Å². The number of nitrogens with two attached hydrogens (primary N) is 1. The first-order valence-electron chi connectivity index (χ1n) is 10.0. The number of amides is 1. The first kappa shape index (κ1) is 18.0. The number of primary amides is 1. The molecule has 1 amide bonds. The van der Waals surface area contributed by atoms with Crippen molar-refractivity contribution in [2.45, 2.75) is 44.9 Å². The van der Waals surface area contributed by atoms with Gasteiger partial charge in [0, 0.05) is 5.41 Å². The van der Waals surface area contributed by atoms with Gasteiger partial charge >= 0.3 is 0 Å². The highest BCUT2D eigenvalue weighted by atomic mass is 16.1. The molecular weight excluding hydrogens is 330 g/mol. The van der Waals surface area contributed by atoms with E-state index in [9.17, 15) is 4.79 Å². The average Bonchev–Trinajstić information content (AvgIpc) is 2.66. The van der Waals surface area contributed by atoms with Gasteiger partial charge in [0.1, 0.15) is 0 Å². The van der Waals surface area contributed by atoms with Crippen LogP contribution >= 0.6 is 0 Å². The van der Waals surface area contributed by atoms with E-state index in [0.29, 0.717) is 11.8 Å². The van der Waals surface area contributed by atoms with Crippen molar-refractivity contribution < 1.29 is 4.79 Å². The van der Waals surface area contributed by atoms with Gasteiger partial charge in [-0.05, 0) is 54.1 Å². The van der Waals surface area contributed by atoms with Gasteiger partial charge in [0.05, 0.1) is 0 Å². The van der Waals surface area contributed by atoms with Gasteiger partial charge in [-0.2, -0.15) is 0 Å². The van der Waals surface area contributed by atoms with Crippen molar-refractivity contribution in [1.82, 2.24) is 0 Å². The van der Waals surface area contributed by atoms with Gasteiger partial charge in [-0.1, -0.05) is 86.2 Å². The largest absolute Gasteiger partial charge is 0.369 e. The molecule has 4 atom stereocenters. The number of allylic oxidation sites excluding steroid dienone is 1. The number of fused-ring (bicyclic) bond motifs is 2. The molecule has 2 aromatic rings. The Bertz CT molecular complexity index is 852. The van der Waals surface area contributed by atoms with Crippen molar-refractivity contribution in [3.05, 3.63) is 77.4 Å². The van der Waals surface area contributed by atoms with Crippen molar-refractivity contribution >= 4 is 12.0 Å². The smallest absolute Gasteiger partial charge is 0.223 e. The number of hydrogen-bond donors (Lipinski definition) is 1. The van der Waals surface area contributed by atoms with E-state index in [4.69, 9.17) is 5.73 Å². The number of benzene rings is 2. The van der Waals surface area contributed by atoms with Crippen molar-refractivity contribution in [3.8, 4) is 0 Å². The number of carbonyl (C=O) groups excluding carboxylic acids is 1. The minimum Gasteiger partial charge on any atom is -0.369 e. The Morgan fingerprint density at radius 1 is 1.00 bits per heavy atom. The Labute approximate surface area is 162 Å². The Morgan fingerprint density at radius 3 is 2.26 bits per heavy atom. The molecule has 0 saturated heterocycles. The molecule has 2 saturated carbocycles. The Morgan fingerprint density at radius 2 is 1.63 bits per heavy atom. The van der Waals surface area contributed by atoms with Gasteiger partial charge in [0.15, 0.2) is 0 Å². The number of rotatable bonds is 3. The monoisotopic (exact) mass is 359 g/mol. The molecule has 2 heteroatoms. The van der Waals surface area contributed by atoms with E-state index in [-0.39, 0.29) is 11.3 Å². The molecule has 4 unspecified atom stereocenters. The standard InChI is InChI=1S/C25H29NO/c1-18-14-25(21-11-7-4-8-12-21)16-20(15-24(2,17-25)23(26)27)22(18)13-19-9-5-3-6-10-19/h3-13,18,20H,14-17H2,1-2H3,(H2,26,27)/b22-13+. The normalized spacial score (nSPS) is 34.4. The molecule has 2 N–H and O–H groups in total. The predicted molar refractivity (Wildman–Crippen MR) is 111 cm³/mol. The third-order valence-electron chi connectivity index (χ3n) is 6.91. The van der Waals surface area contributed by atoms with Crippen molar-refractivity contribution in [2.75, 3.05) is 0 Å². The lowest BCUT2D eigenvalue weighted by molar-refractivity contribution is -0.131. The van der Waals surface area contributed by atoms with Crippen molar-refractivity contribution in [3.63, 3.8) is 0 Å². The second-order valence-corrected chi connectivity index (χ2v) is 9.01. The summed E-state index contributed by atoms with van der Waals surface area (Å²) in [7, 11) is 0. The van der Waals surface area contributed by atoms with Crippen molar-refractivity contribution in [1.29, 1.82) is 0 Å². The molecule has 27 heavy (non-hydrogen) atoms. The first-order chi connectivity index (χ1) is 12.9. The molecule has 0 radical (unpaired) electrons. The fourth-order valence-corrected chi connectivity index (χ4v) is 5.80. The summed E-state index contributed by atoms with van der Waals surface area (Å²) in [5.41, 5.74) is 9.61. The summed E-state index contributed by atoms with van der Waals surface area (Å²) in [5, 5.41) is 0. The quantitative estimate of drug-likeness (QED) is 0.790. The first-order valence-corrected chi connectivity index (χ1v) is 10.0. The molecule has 2 aromatic carbocycles. The van der Waals surface area contributed by atoms with E-state index < -0.39 is 5.41 Å². The fourth-order valence-electron chi connectivity index (χ4n) is 5.80. The molecule has 0 spiro atoms. The summed E-state index contributed by atoms with van der Waals surface area (Å²) in [6, 6.07) is 21.3. The van der Waals surface area contributed by atoms with Crippen LogP contribution in [0, 0.1) is 17.3 Å². The third kappa shape index (κ3) is 3.22. The minimum atomic E-state index is -0.450. The fraction of sp³-hybridized carbons (Fsp3) is 0.400. The van der Waals surface area contributed by atoms with Gasteiger partial charge in [-0.3, -0.25) is 4.79 Å². The molecule has 0 aliphatic heterocycles. The lowest BCUT2D eigenvalue weighted by Gasteiger charge is -2.55. The second kappa shape index (κ2) is 6.67. The topological polar surface area (TPSA) is 43.1 Å². The van der Waals surface area contributed by atoms with E-state index in [1.165, 1.54) is 16.7 Å². The maximum absolute atomic E-state index is 12.4. The number of carbonyl (C=O) groups is 1. The van der Waals surface area contributed by atoms with Crippen LogP contribution in [0.2, 0.25) is 0 Å². The molecule has 0 heterocycles. The summed E-state index contributed by atoms with van der Waals surface area (Å²) < 4.78 is 0. The summed E-state index contributed by atoms with van der Waals surface area (Å²) in [6.45, 7) is 4.43. The van der Waals surface area contributed by atoms with E-state index >= 15 is 0 Å². The van der Waals surface area contributed by atoms with Crippen LogP contribution in [0.1, 0.15) is 50.7 Å². The van der Waals surface area contributed by atoms with Crippen LogP contribution in [0.15, 0.2) is 66.2 Å². The van der Waals surface area contributed by atoms with Crippen LogP contribution in [0.5, 0.6) is 0 Å². The Balaban J connectivity index is 1.79. The van der Waals surface area contributed by atoms with Crippen LogP contribution in [-0.2, 0) is 10.2 Å². The third-order valence-corrected chi connectivity index (χ3v) is 6.91. The zero-order valence-corrected chi connectivity index (χ0v) is 16.3. The molecule has 2 fully saturated rings. The van der Waals surface area contributed by atoms with Gasteiger partial charge < -0.3 is 5.73 Å². The zero-order valence-electron chi connectivity index (χ0n) is 16.3. The second-order valence-electron chi connectivity index (χ2n) is 9.01. The maximum Gasteiger partial charge on any atom is 0.223 e. The summed E-state index contributed by atoms with van der Waals surface area (Å²) >= 11 is 0. The maximum atomic E-state index is 12.4. The summed E-state index contributed by atoms with van der Waals surface area (Å²) in [5.74, 6) is 0.753. The van der Waals surface area contributed by atoms with Crippen molar-refractivity contribution in [2.24, 2.45) is 23.0 Å². The molecule has 2 nitrogen and oxygen atoms in total. The number of hydrogen-bond acceptors (Lipinski definition) is 1. The highest BCUT2D eigenvalue weighted by molar-refractivity contribution is 5.81. The van der Waals surface area contributed by atoms with E-state index in [1.807, 2.05) is 0 Å². The predicted octanol–water partition coefficient (Wildman–Crippen LogP) is 5.34. The van der Waals surface area contributed by atoms with E-state index in [2.05, 4.69) is 80.6 Å². The van der Waals surface area contributed by atoms with Crippen LogP contribution in [0.4, 0.5) is 0 Å². The van der Waals surface area contributed by atoms with Gasteiger partial charge in [0.2, 0.25) is 5.91 Å². The Hall–Kier alpha value is -2.35. The molecule has 4 rings (SSSR count). The zero-order chi connectivity index (χ0) is 19.1. The Kier molecular flexibility index (Phi) is 4.46. The van der Waals surface area contributed by atoms with Gasteiger partial charge in [-0.25, -0.2) is 0 Å². The molecule has 2 aliphatic rings. The van der Waals surface area contributed by atoms with Crippen LogP contribution in [0.3, 0.4) is 0 Å². The van der Waals surface area contributed by atoms with E-state index in [1.54, 1.807) is 0 Å². The molecule has 2 aliphatic carbocycles. The SMILES string of the molecule is CC1CC2(c3ccccc3)CC(CC(C)(C(N)=O)C2)/C1=C/c1ccccc1. The van der Waals surface area contributed by atoms with Gasteiger partial charge in [0.25, 0.3) is 0 Å². The molecule has 2 bridgehead atoms. The molecular formula is C25H29NO. The molecule has 140 valence electrons. The summed E-state index contributed by atoms with van der Waals surface area (Å²) in [4.78, 5) is 12.4. The lowest BCUT2D eigenvalue weighted by Crippen LogP contribution is -2.51. The lowest BCUT2D eigenvalue weighted by atomic mass is 9.49. The van der Waals surface area contributed by atoms with Gasteiger partial charge in [-0.15, -0.1) is 0 Å². The highest BCUT2D eigenvalue weighted by Crippen LogP contribution is 2.59. The van der Waals surface area contributed by atoms with E-state index in [0.717, 1.165) is 25.7 Å². The van der Waals surface area contributed by atoms with Crippen LogP contribution in [0.25, 0.3) is 6.08 Å². The molecule has 0 aromatic heterocycles. The average molecular weight is 360 g/mol. The highest BCUT2D eigenvalue weighted by Gasteiger charge is 2.54.